The minimum atomic E-state index is 0.0500. The largest absolute Gasteiger partial charge is 0.489 e. The second kappa shape index (κ2) is 8.33. The average Bonchev–Trinajstić information content (AvgIpc) is 2.49. The van der Waals surface area contributed by atoms with Gasteiger partial charge in [0.1, 0.15) is 12.4 Å². The summed E-state index contributed by atoms with van der Waals surface area (Å²) < 4.78 is 5.75. The Morgan fingerprint density at radius 3 is 2.26 bits per heavy atom. The van der Waals surface area contributed by atoms with Gasteiger partial charge in [-0.2, -0.15) is 0 Å². The Morgan fingerprint density at radius 2 is 1.63 bits per heavy atom. The van der Waals surface area contributed by atoms with Crippen molar-refractivity contribution in [2.75, 3.05) is 0 Å². The Hall–Kier alpha value is -1.80. The summed E-state index contributed by atoms with van der Waals surface area (Å²) in [6.45, 7) is 6.57. The molecule has 0 unspecified atom stereocenters. The van der Waals surface area contributed by atoms with Crippen LogP contribution in [0.25, 0.3) is 0 Å². The van der Waals surface area contributed by atoms with Crippen molar-refractivity contribution in [3.05, 3.63) is 65.2 Å². The summed E-state index contributed by atoms with van der Waals surface area (Å²) in [6, 6.07) is 15.8. The first-order chi connectivity index (χ1) is 9.31. The topological polar surface area (TPSA) is 29.5 Å². The van der Waals surface area contributed by atoms with E-state index in [1.54, 1.807) is 0 Å². The zero-order valence-corrected chi connectivity index (χ0v) is 11.9. The van der Waals surface area contributed by atoms with Crippen LogP contribution in [-0.2, 0) is 13.2 Å². The lowest BCUT2D eigenvalue weighted by Crippen LogP contribution is -1.98. The van der Waals surface area contributed by atoms with Gasteiger partial charge in [-0.3, -0.25) is 0 Å². The normalized spacial score (nSPS) is 9.47. The van der Waals surface area contributed by atoms with Crippen molar-refractivity contribution in [2.24, 2.45) is 0 Å². The van der Waals surface area contributed by atoms with E-state index in [9.17, 15) is 5.11 Å². The molecule has 19 heavy (non-hydrogen) atoms. The number of aliphatic hydroxyl groups excluding tert-OH is 1. The SMILES string of the molecule is CC.Cc1c(CO)cccc1OCc1ccccc1. The Morgan fingerprint density at radius 1 is 0.947 bits per heavy atom. The lowest BCUT2D eigenvalue weighted by Gasteiger charge is -2.11. The summed E-state index contributed by atoms with van der Waals surface area (Å²) in [6.07, 6.45) is 0. The van der Waals surface area contributed by atoms with Gasteiger partial charge in [0.15, 0.2) is 0 Å². The third-order valence-electron chi connectivity index (χ3n) is 2.80. The van der Waals surface area contributed by atoms with E-state index in [-0.39, 0.29) is 6.61 Å². The molecule has 2 aromatic carbocycles. The predicted octanol–water partition coefficient (Wildman–Crippen LogP) is 4.09. The van der Waals surface area contributed by atoms with E-state index in [0.29, 0.717) is 6.61 Å². The standard InChI is InChI=1S/C15H16O2.C2H6/c1-12-14(10-16)8-5-9-15(12)17-11-13-6-3-2-4-7-13;1-2/h2-9,16H,10-11H2,1H3;1-2H3. The molecule has 2 nitrogen and oxygen atoms in total. The molecule has 1 N–H and O–H groups in total. The summed E-state index contributed by atoms with van der Waals surface area (Å²) in [5.74, 6) is 0.834. The van der Waals surface area contributed by atoms with Gasteiger partial charge in [-0.15, -0.1) is 0 Å². The zero-order chi connectivity index (χ0) is 14.1. The Bertz CT molecular complexity index is 478. The van der Waals surface area contributed by atoms with Gasteiger partial charge in [-0.25, -0.2) is 0 Å². The molecule has 2 heteroatoms. The minimum Gasteiger partial charge on any atom is -0.489 e. The maximum atomic E-state index is 9.17. The second-order valence-electron chi connectivity index (χ2n) is 3.97. The average molecular weight is 258 g/mol. The molecule has 0 saturated carbocycles. The van der Waals surface area contributed by atoms with E-state index in [2.05, 4.69) is 0 Å². The molecular formula is C17H22O2. The summed E-state index contributed by atoms with van der Waals surface area (Å²) >= 11 is 0. The van der Waals surface area contributed by atoms with Crippen LogP contribution in [0.3, 0.4) is 0 Å². The van der Waals surface area contributed by atoms with Crippen LogP contribution in [0.2, 0.25) is 0 Å². The van der Waals surface area contributed by atoms with Crippen molar-refractivity contribution in [3.8, 4) is 5.75 Å². The van der Waals surface area contributed by atoms with Gasteiger partial charge in [-0.1, -0.05) is 56.3 Å². The van der Waals surface area contributed by atoms with E-state index in [0.717, 1.165) is 22.4 Å². The Kier molecular flexibility index (Phi) is 6.69. The van der Waals surface area contributed by atoms with Crippen molar-refractivity contribution in [1.29, 1.82) is 0 Å². The van der Waals surface area contributed by atoms with Crippen LogP contribution in [0, 0.1) is 6.92 Å². The van der Waals surface area contributed by atoms with Crippen molar-refractivity contribution >= 4 is 0 Å². The molecule has 0 saturated heterocycles. The molecule has 0 spiro atoms. The quantitative estimate of drug-likeness (QED) is 0.895. The van der Waals surface area contributed by atoms with Gasteiger partial charge in [-0.05, 0) is 29.7 Å². The monoisotopic (exact) mass is 258 g/mol. The van der Waals surface area contributed by atoms with Crippen LogP contribution in [0.5, 0.6) is 5.75 Å². The molecule has 0 aromatic heterocycles. The number of aliphatic hydroxyl groups is 1. The highest BCUT2D eigenvalue weighted by Gasteiger charge is 2.04. The van der Waals surface area contributed by atoms with Crippen LogP contribution < -0.4 is 4.74 Å². The molecule has 0 aliphatic carbocycles. The van der Waals surface area contributed by atoms with Crippen molar-refractivity contribution < 1.29 is 9.84 Å². The second-order valence-corrected chi connectivity index (χ2v) is 3.97. The first-order valence-corrected chi connectivity index (χ1v) is 6.67. The maximum Gasteiger partial charge on any atom is 0.123 e. The molecule has 0 aliphatic heterocycles. The van der Waals surface area contributed by atoms with Gasteiger partial charge in [0, 0.05) is 0 Å². The van der Waals surface area contributed by atoms with Crippen LogP contribution in [0.4, 0.5) is 0 Å². The van der Waals surface area contributed by atoms with E-state index < -0.39 is 0 Å². The van der Waals surface area contributed by atoms with Gasteiger partial charge in [0.25, 0.3) is 0 Å². The smallest absolute Gasteiger partial charge is 0.123 e. The zero-order valence-electron chi connectivity index (χ0n) is 11.9. The lowest BCUT2D eigenvalue weighted by molar-refractivity contribution is 0.276. The number of benzene rings is 2. The molecule has 102 valence electrons. The minimum absolute atomic E-state index is 0.0500. The molecule has 0 heterocycles. The third-order valence-corrected chi connectivity index (χ3v) is 2.80. The first kappa shape index (κ1) is 15.3. The van der Waals surface area contributed by atoms with Gasteiger partial charge >= 0.3 is 0 Å². The van der Waals surface area contributed by atoms with E-state index >= 15 is 0 Å². The van der Waals surface area contributed by atoms with Crippen LogP contribution >= 0.6 is 0 Å². The van der Waals surface area contributed by atoms with Gasteiger partial charge in [0.2, 0.25) is 0 Å². The highest BCUT2D eigenvalue weighted by atomic mass is 16.5. The van der Waals surface area contributed by atoms with Crippen molar-refractivity contribution in [2.45, 2.75) is 34.0 Å². The van der Waals surface area contributed by atoms with E-state index in [4.69, 9.17) is 4.74 Å². The molecule has 0 bridgehead atoms. The third kappa shape index (κ3) is 4.42. The summed E-state index contributed by atoms with van der Waals surface area (Å²) in [5, 5.41) is 9.17. The van der Waals surface area contributed by atoms with Crippen LogP contribution in [-0.4, -0.2) is 5.11 Å². The van der Waals surface area contributed by atoms with Crippen molar-refractivity contribution in [3.63, 3.8) is 0 Å². The van der Waals surface area contributed by atoms with E-state index in [1.165, 1.54) is 0 Å². The maximum absolute atomic E-state index is 9.17. The van der Waals surface area contributed by atoms with E-state index in [1.807, 2.05) is 69.3 Å². The highest BCUT2D eigenvalue weighted by Crippen LogP contribution is 2.22. The molecule has 2 aromatic rings. The van der Waals surface area contributed by atoms with Crippen molar-refractivity contribution in [1.82, 2.24) is 0 Å². The molecule has 2 rings (SSSR count). The number of ether oxygens (including phenoxy) is 1. The predicted molar refractivity (Wildman–Crippen MR) is 79.2 cm³/mol. The van der Waals surface area contributed by atoms with Crippen LogP contribution in [0.15, 0.2) is 48.5 Å². The summed E-state index contributed by atoms with van der Waals surface area (Å²) in [5.41, 5.74) is 3.06. The first-order valence-electron chi connectivity index (χ1n) is 6.67. The van der Waals surface area contributed by atoms with Crippen LogP contribution in [0.1, 0.15) is 30.5 Å². The molecule has 0 atom stereocenters. The summed E-state index contributed by atoms with van der Waals surface area (Å²) in [7, 11) is 0. The molecule has 0 amide bonds. The Balaban J connectivity index is 0.000000861. The fourth-order valence-electron chi connectivity index (χ4n) is 1.72. The van der Waals surface area contributed by atoms with Gasteiger partial charge < -0.3 is 9.84 Å². The molecule has 0 aliphatic rings. The fraction of sp³-hybridized carbons (Fsp3) is 0.294. The highest BCUT2D eigenvalue weighted by molar-refractivity contribution is 5.38. The summed E-state index contributed by atoms with van der Waals surface area (Å²) in [4.78, 5) is 0. The number of rotatable bonds is 4. The molecule has 0 fully saturated rings. The molecular weight excluding hydrogens is 236 g/mol. The Labute approximate surface area is 115 Å². The number of hydrogen-bond acceptors (Lipinski definition) is 2. The lowest BCUT2D eigenvalue weighted by atomic mass is 10.1. The number of hydrogen-bond donors (Lipinski definition) is 1. The van der Waals surface area contributed by atoms with Gasteiger partial charge in [0.05, 0.1) is 6.61 Å². The fourth-order valence-corrected chi connectivity index (χ4v) is 1.72. The molecule has 0 radical (unpaired) electrons.